The minimum absolute atomic E-state index is 0.0611. The fourth-order valence-electron chi connectivity index (χ4n) is 2.07. The first-order valence-electron chi connectivity index (χ1n) is 6.55. The van der Waals surface area contributed by atoms with Gasteiger partial charge in [0.25, 0.3) is 5.69 Å². The molecule has 0 saturated carbocycles. The maximum atomic E-state index is 11.7. The molecule has 1 N–H and O–H groups in total. The van der Waals surface area contributed by atoms with Gasteiger partial charge < -0.3 is 10.0 Å². The van der Waals surface area contributed by atoms with Crippen LogP contribution in [0.2, 0.25) is 0 Å². The summed E-state index contributed by atoms with van der Waals surface area (Å²) in [7, 11) is 0. The molecule has 110 valence electrons. The second-order valence-electron chi connectivity index (χ2n) is 4.88. The van der Waals surface area contributed by atoms with E-state index in [0.717, 1.165) is 0 Å². The summed E-state index contributed by atoms with van der Waals surface area (Å²) in [5.41, 5.74) is 0.919. The number of anilines is 1. The van der Waals surface area contributed by atoms with E-state index in [-0.39, 0.29) is 24.1 Å². The molecule has 1 aromatic rings. The van der Waals surface area contributed by atoms with Crippen molar-refractivity contribution in [2.75, 3.05) is 18.1 Å². The Bertz CT molecular complexity index is 500. The first-order chi connectivity index (χ1) is 9.38. The molecule has 0 amide bonds. The monoisotopic (exact) mass is 280 g/mol. The molecule has 20 heavy (non-hydrogen) atoms. The highest BCUT2D eigenvalue weighted by molar-refractivity contribution is 6.00. The zero-order valence-electron chi connectivity index (χ0n) is 12.0. The summed E-state index contributed by atoms with van der Waals surface area (Å²) in [5, 5.41) is 19.8. The van der Waals surface area contributed by atoms with Crippen LogP contribution in [0.4, 0.5) is 11.4 Å². The number of nitro benzene ring substituents is 1. The molecule has 0 aliphatic rings. The molecule has 1 aromatic carbocycles. The van der Waals surface area contributed by atoms with Crippen molar-refractivity contribution < 1.29 is 14.8 Å². The molecule has 0 heterocycles. The molecular formula is C14H20N2O4. The van der Waals surface area contributed by atoms with E-state index in [1.165, 1.54) is 19.1 Å². The quantitative estimate of drug-likeness (QED) is 0.471. The van der Waals surface area contributed by atoms with E-state index in [1.54, 1.807) is 6.07 Å². The summed E-state index contributed by atoms with van der Waals surface area (Å²) in [5.74, 6) is -0.210. The van der Waals surface area contributed by atoms with Crippen molar-refractivity contribution in [3.8, 4) is 0 Å². The van der Waals surface area contributed by atoms with E-state index in [4.69, 9.17) is 5.11 Å². The Balaban J connectivity index is 3.26. The number of Topliss-reactive ketones (excluding diaryl/α,β-unsaturated/α-hetero) is 1. The molecule has 0 aliphatic heterocycles. The topological polar surface area (TPSA) is 83.7 Å². The van der Waals surface area contributed by atoms with E-state index in [2.05, 4.69) is 0 Å². The molecule has 0 aliphatic carbocycles. The molecule has 0 atom stereocenters. The van der Waals surface area contributed by atoms with Crippen molar-refractivity contribution in [2.24, 2.45) is 0 Å². The number of benzene rings is 1. The lowest BCUT2D eigenvalue weighted by Crippen LogP contribution is -2.33. The Morgan fingerprint density at radius 2 is 2.10 bits per heavy atom. The van der Waals surface area contributed by atoms with Crippen LogP contribution in [0.15, 0.2) is 18.2 Å². The van der Waals surface area contributed by atoms with Gasteiger partial charge in [-0.25, -0.2) is 0 Å². The number of hydrogen-bond donors (Lipinski definition) is 1. The van der Waals surface area contributed by atoms with E-state index in [9.17, 15) is 14.9 Å². The number of non-ortho nitro benzene ring substituents is 1. The first-order valence-corrected chi connectivity index (χ1v) is 6.55. The number of nitro groups is 1. The number of rotatable bonds is 7. The standard InChI is InChI=1S/C14H20N2O4/c1-10(2)15(7-4-8-17)14-6-5-12(16(19)20)9-13(14)11(3)18/h5-6,9-10,17H,4,7-8H2,1-3H3. The number of nitrogens with zero attached hydrogens (tertiary/aromatic N) is 2. The lowest BCUT2D eigenvalue weighted by Gasteiger charge is -2.30. The Hall–Kier alpha value is -1.95. The zero-order chi connectivity index (χ0) is 15.3. The van der Waals surface area contributed by atoms with Gasteiger partial charge in [-0.2, -0.15) is 0 Å². The minimum Gasteiger partial charge on any atom is -0.396 e. The third kappa shape index (κ3) is 3.77. The number of aliphatic hydroxyl groups is 1. The molecule has 0 bridgehead atoms. The van der Waals surface area contributed by atoms with Gasteiger partial charge in [0.2, 0.25) is 0 Å². The third-order valence-electron chi connectivity index (χ3n) is 3.06. The van der Waals surface area contributed by atoms with Crippen molar-refractivity contribution in [3.05, 3.63) is 33.9 Å². The highest BCUT2D eigenvalue weighted by Gasteiger charge is 2.19. The van der Waals surface area contributed by atoms with Gasteiger partial charge in [-0.1, -0.05) is 0 Å². The average Bonchev–Trinajstić information content (AvgIpc) is 2.38. The van der Waals surface area contributed by atoms with Crippen LogP contribution in [0.25, 0.3) is 0 Å². The second kappa shape index (κ2) is 7.00. The molecule has 0 radical (unpaired) electrons. The summed E-state index contributed by atoms with van der Waals surface area (Å²) in [6.07, 6.45) is 0.576. The van der Waals surface area contributed by atoms with Crippen LogP contribution in [0.1, 0.15) is 37.6 Å². The largest absolute Gasteiger partial charge is 0.396 e. The number of carbonyl (C=O) groups excluding carboxylic acids is 1. The highest BCUT2D eigenvalue weighted by Crippen LogP contribution is 2.27. The highest BCUT2D eigenvalue weighted by atomic mass is 16.6. The van der Waals surface area contributed by atoms with Gasteiger partial charge in [-0.05, 0) is 33.3 Å². The zero-order valence-corrected chi connectivity index (χ0v) is 12.0. The van der Waals surface area contributed by atoms with Crippen LogP contribution in [-0.2, 0) is 0 Å². The van der Waals surface area contributed by atoms with Gasteiger partial charge >= 0.3 is 0 Å². The molecule has 1 rings (SSSR count). The van der Waals surface area contributed by atoms with Gasteiger partial charge in [-0.3, -0.25) is 14.9 Å². The Morgan fingerprint density at radius 1 is 1.45 bits per heavy atom. The fraction of sp³-hybridized carbons (Fsp3) is 0.500. The normalized spacial score (nSPS) is 10.7. The van der Waals surface area contributed by atoms with Gasteiger partial charge in [0.1, 0.15) is 0 Å². The fourth-order valence-corrected chi connectivity index (χ4v) is 2.07. The molecule has 0 fully saturated rings. The van der Waals surface area contributed by atoms with Gasteiger partial charge in [-0.15, -0.1) is 0 Å². The van der Waals surface area contributed by atoms with Crippen LogP contribution < -0.4 is 4.90 Å². The van der Waals surface area contributed by atoms with Gasteiger partial charge in [0.15, 0.2) is 5.78 Å². The smallest absolute Gasteiger partial charge is 0.270 e. The SMILES string of the molecule is CC(=O)c1cc([N+](=O)[O-])ccc1N(CCCO)C(C)C. The van der Waals surface area contributed by atoms with E-state index >= 15 is 0 Å². The summed E-state index contributed by atoms with van der Waals surface area (Å²) in [6, 6.07) is 4.44. The number of aliphatic hydroxyl groups excluding tert-OH is 1. The first kappa shape index (κ1) is 16.1. The van der Waals surface area contributed by atoms with Crippen molar-refractivity contribution in [1.29, 1.82) is 0 Å². The molecule has 0 saturated heterocycles. The van der Waals surface area contributed by atoms with Crippen molar-refractivity contribution in [3.63, 3.8) is 0 Å². The predicted octanol–water partition coefficient (Wildman–Crippen LogP) is 2.39. The van der Waals surface area contributed by atoms with E-state index < -0.39 is 4.92 Å². The minimum atomic E-state index is -0.510. The lowest BCUT2D eigenvalue weighted by atomic mass is 10.1. The average molecular weight is 280 g/mol. The number of carbonyl (C=O) groups is 1. The van der Waals surface area contributed by atoms with Crippen LogP contribution >= 0.6 is 0 Å². The molecular weight excluding hydrogens is 260 g/mol. The number of hydrogen-bond acceptors (Lipinski definition) is 5. The summed E-state index contributed by atoms with van der Waals surface area (Å²) >= 11 is 0. The Kier molecular flexibility index (Phi) is 5.64. The van der Waals surface area contributed by atoms with Crippen LogP contribution in [0.3, 0.4) is 0 Å². The summed E-state index contributed by atoms with van der Waals surface area (Å²) in [4.78, 5) is 24.0. The predicted molar refractivity (Wildman–Crippen MR) is 77.3 cm³/mol. The van der Waals surface area contributed by atoms with Gasteiger partial charge in [0, 0.05) is 42.6 Å². The van der Waals surface area contributed by atoms with Crippen LogP contribution in [0, 0.1) is 10.1 Å². The summed E-state index contributed by atoms with van der Waals surface area (Å²) in [6.45, 7) is 6.00. The maximum absolute atomic E-state index is 11.7. The molecule has 0 spiro atoms. The Morgan fingerprint density at radius 3 is 2.55 bits per heavy atom. The van der Waals surface area contributed by atoms with Crippen LogP contribution in [0.5, 0.6) is 0 Å². The number of ketones is 1. The van der Waals surface area contributed by atoms with Crippen molar-refractivity contribution in [1.82, 2.24) is 0 Å². The molecule has 0 aromatic heterocycles. The molecule has 6 heteroatoms. The third-order valence-corrected chi connectivity index (χ3v) is 3.06. The molecule has 0 unspecified atom stereocenters. The summed E-state index contributed by atoms with van der Waals surface area (Å²) < 4.78 is 0. The van der Waals surface area contributed by atoms with Crippen LogP contribution in [-0.4, -0.2) is 35.0 Å². The Labute approximate surface area is 118 Å². The second-order valence-corrected chi connectivity index (χ2v) is 4.88. The van der Waals surface area contributed by atoms with Crippen molar-refractivity contribution >= 4 is 17.2 Å². The van der Waals surface area contributed by atoms with E-state index in [0.29, 0.717) is 24.2 Å². The molecule has 6 nitrogen and oxygen atoms in total. The van der Waals surface area contributed by atoms with Crippen molar-refractivity contribution in [2.45, 2.75) is 33.2 Å². The maximum Gasteiger partial charge on any atom is 0.270 e. The van der Waals surface area contributed by atoms with E-state index in [1.807, 2.05) is 18.7 Å². The van der Waals surface area contributed by atoms with Gasteiger partial charge in [0.05, 0.1) is 4.92 Å². The lowest BCUT2D eigenvalue weighted by molar-refractivity contribution is -0.384.